The summed E-state index contributed by atoms with van der Waals surface area (Å²) in [5.74, 6) is 2.48. The second-order valence-corrected chi connectivity index (χ2v) is 5.67. The minimum absolute atomic E-state index is 0.0751. The zero-order valence-corrected chi connectivity index (χ0v) is 12.2. The molecule has 106 valence electrons. The summed E-state index contributed by atoms with van der Waals surface area (Å²) in [6.07, 6.45) is 0. The van der Waals surface area contributed by atoms with E-state index in [1.807, 2.05) is 13.1 Å². The van der Waals surface area contributed by atoms with Crippen molar-refractivity contribution in [3.63, 3.8) is 0 Å². The van der Waals surface area contributed by atoms with Crippen molar-refractivity contribution < 1.29 is 4.74 Å². The van der Waals surface area contributed by atoms with Gasteiger partial charge in [-0.25, -0.2) is 15.0 Å². The van der Waals surface area contributed by atoms with Gasteiger partial charge in [-0.3, -0.25) is 0 Å². The summed E-state index contributed by atoms with van der Waals surface area (Å²) in [4.78, 5) is 9.11. The molecule has 2 N–H and O–H groups in total. The second kappa shape index (κ2) is 5.71. The Labute approximate surface area is 114 Å². The number of rotatable bonds is 3. The molecule has 0 aromatic carbocycles. The maximum Gasteiger partial charge on any atom is 0.146 e. The molecule has 1 aromatic rings. The Morgan fingerprint density at radius 2 is 1.79 bits per heavy atom. The molecule has 0 amide bonds. The van der Waals surface area contributed by atoms with Crippen molar-refractivity contribution in [1.82, 2.24) is 15.0 Å². The number of nitrogens with zero attached hydrogens (tertiary/aromatic N) is 3. The summed E-state index contributed by atoms with van der Waals surface area (Å²) in [6, 6.07) is 1.92. The Bertz CT molecular complexity index is 424. The largest absolute Gasteiger partial charge is 0.379 e. The van der Waals surface area contributed by atoms with Gasteiger partial charge in [0, 0.05) is 31.6 Å². The molecule has 0 radical (unpaired) electrons. The SMILES string of the molecule is CNc1cc(NN2CCOCC2)nc(C(C)(C)C)n1. The number of aromatic nitrogens is 2. The number of hydrogen-bond acceptors (Lipinski definition) is 6. The third kappa shape index (κ3) is 3.78. The van der Waals surface area contributed by atoms with E-state index in [-0.39, 0.29) is 5.41 Å². The number of hydrazine groups is 1. The van der Waals surface area contributed by atoms with Crippen LogP contribution in [0.2, 0.25) is 0 Å². The number of hydrogen-bond donors (Lipinski definition) is 2. The quantitative estimate of drug-likeness (QED) is 0.863. The lowest BCUT2D eigenvalue weighted by Gasteiger charge is -2.28. The van der Waals surface area contributed by atoms with Crippen molar-refractivity contribution in [2.45, 2.75) is 26.2 Å². The van der Waals surface area contributed by atoms with Crippen molar-refractivity contribution in [3.05, 3.63) is 11.9 Å². The number of nitrogens with one attached hydrogen (secondary N) is 2. The van der Waals surface area contributed by atoms with Crippen LogP contribution in [0.25, 0.3) is 0 Å². The van der Waals surface area contributed by atoms with Crippen molar-refractivity contribution >= 4 is 11.6 Å². The molecule has 1 aromatic heterocycles. The maximum atomic E-state index is 5.33. The van der Waals surface area contributed by atoms with Gasteiger partial charge in [0.25, 0.3) is 0 Å². The standard InChI is InChI=1S/C13H23N5O/c1-13(2,3)12-15-10(14-4)9-11(16-12)17-18-5-7-19-8-6-18/h9H,5-8H2,1-4H3,(H2,14,15,16,17). The van der Waals surface area contributed by atoms with Gasteiger partial charge in [-0.05, 0) is 0 Å². The van der Waals surface area contributed by atoms with Crippen LogP contribution in [0.1, 0.15) is 26.6 Å². The molecular formula is C13H23N5O. The summed E-state index contributed by atoms with van der Waals surface area (Å²) in [6.45, 7) is 9.57. The van der Waals surface area contributed by atoms with Crippen LogP contribution >= 0.6 is 0 Å². The fourth-order valence-electron chi connectivity index (χ4n) is 1.81. The highest BCUT2D eigenvalue weighted by Crippen LogP contribution is 2.22. The van der Waals surface area contributed by atoms with Gasteiger partial charge in [0.05, 0.1) is 13.2 Å². The van der Waals surface area contributed by atoms with Gasteiger partial charge in [-0.1, -0.05) is 20.8 Å². The van der Waals surface area contributed by atoms with Gasteiger partial charge in [0.1, 0.15) is 17.5 Å². The van der Waals surface area contributed by atoms with E-state index < -0.39 is 0 Å². The highest BCUT2D eigenvalue weighted by molar-refractivity contribution is 5.47. The molecule has 0 aliphatic carbocycles. The predicted octanol–water partition coefficient (Wildman–Crippen LogP) is 1.47. The first-order valence-electron chi connectivity index (χ1n) is 6.66. The van der Waals surface area contributed by atoms with E-state index in [1.54, 1.807) is 0 Å². The monoisotopic (exact) mass is 265 g/mol. The highest BCUT2D eigenvalue weighted by Gasteiger charge is 2.20. The van der Waals surface area contributed by atoms with E-state index in [2.05, 4.69) is 46.5 Å². The van der Waals surface area contributed by atoms with Crippen LogP contribution in [0.5, 0.6) is 0 Å². The average Bonchev–Trinajstić information content (AvgIpc) is 2.38. The topological polar surface area (TPSA) is 62.3 Å². The van der Waals surface area contributed by atoms with Crippen molar-refractivity contribution in [3.8, 4) is 0 Å². The lowest BCUT2D eigenvalue weighted by atomic mass is 9.96. The molecule has 0 saturated carbocycles. The molecule has 6 heteroatoms. The first-order valence-corrected chi connectivity index (χ1v) is 6.66. The van der Waals surface area contributed by atoms with E-state index in [4.69, 9.17) is 4.74 Å². The number of morpholine rings is 1. The number of anilines is 2. The van der Waals surface area contributed by atoms with Crippen LogP contribution in [0.4, 0.5) is 11.6 Å². The third-order valence-corrected chi connectivity index (χ3v) is 2.94. The van der Waals surface area contributed by atoms with Gasteiger partial charge in [0.2, 0.25) is 0 Å². The van der Waals surface area contributed by atoms with Gasteiger partial charge in [0.15, 0.2) is 0 Å². The molecule has 1 fully saturated rings. The van der Waals surface area contributed by atoms with Gasteiger partial charge in [-0.2, -0.15) is 0 Å². The molecule has 6 nitrogen and oxygen atoms in total. The fourth-order valence-corrected chi connectivity index (χ4v) is 1.81. The van der Waals surface area contributed by atoms with E-state index in [9.17, 15) is 0 Å². The minimum atomic E-state index is -0.0751. The molecule has 2 rings (SSSR count). The molecule has 1 aliphatic rings. The van der Waals surface area contributed by atoms with E-state index in [0.29, 0.717) is 0 Å². The molecular weight excluding hydrogens is 242 g/mol. The van der Waals surface area contributed by atoms with Crippen LogP contribution in [0.3, 0.4) is 0 Å². The van der Waals surface area contributed by atoms with Crippen LogP contribution in [0, 0.1) is 0 Å². The van der Waals surface area contributed by atoms with Gasteiger partial charge < -0.3 is 15.5 Å². The van der Waals surface area contributed by atoms with E-state index in [1.165, 1.54) is 0 Å². The third-order valence-electron chi connectivity index (χ3n) is 2.94. The molecule has 1 aliphatic heterocycles. The highest BCUT2D eigenvalue weighted by atomic mass is 16.5. The van der Waals surface area contributed by atoms with Crippen molar-refractivity contribution in [2.24, 2.45) is 0 Å². The lowest BCUT2D eigenvalue weighted by molar-refractivity contribution is 0.0494. The predicted molar refractivity (Wildman–Crippen MR) is 76.3 cm³/mol. The second-order valence-electron chi connectivity index (χ2n) is 5.67. The van der Waals surface area contributed by atoms with E-state index >= 15 is 0 Å². The molecule has 0 unspecified atom stereocenters. The Morgan fingerprint density at radius 3 is 2.37 bits per heavy atom. The molecule has 0 spiro atoms. The Balaban J connectivity index is 2.19. The summed E-state index contributed by atoms with van der Waals surface area (Å²) < 4.78 is 5.33. The zero-order chi connectivity index (χ0) is 13.9. The normalized spacial score (nSPS) is 17.3. The summed E-state index contributed by atoms with van der Waals surface area (Å²) in [5, 5.41) is 5.21. The van der Waals surface area contributed by atoms with Crippen molar-refractivity contribution in [1.29, 1.82) is 0 Å². The average molecular weight is 265 g/mol. The first-order chi connectivity index (χ1) is 8.99. The first kappa shape index (κ1) is 14.0. The maximum absolute atomic E-state index is 5.33. The van der Waals surface area contributed by atoms with Crippen LogP contribution in [-0.4, -0.2) is 48.3 Å². The Morgan fingerprint density at radius 1 is 1.16 bits per heavy atom. The Kier molecular flexibility index (Phi) is 4.21. The smallest absolute Gasteiger partial charge is 0.146 e. The molecule has 2 heterocycles. The lowest BCUT2D eigenvalue weighted by Crippen LogP contribution is -2.40. The van der Waals surface area contributed by atoms with Crippen LogP contribution < -0.4 is 10.7 Å². The summed E-state index contributed by atoms with van der Waals surface area (Å²) in [5.41, 5.74) is 3.26. The Hall–Kier alpha value is -1.40. The molecule has 0 bridgehead atoms. The summed E-state index contributed by atoms with van der Waals surface area (Å²) in [7, 11) is 1.87. The summed E-state index contributed by atoms with van der Waals surface area (Å²) >= 11 is 0. The van der Waals surface area contributed by atoms with Crippen molar-refractivity contribution in [2.75, 3.05) is 44.1 Å². The van der Waals surface area contributed by atoms with Gasteiger partial charge in [-0.15, -0.1) is 0 Å². The van der Waals surface area contributed by atoms with Crippen LogP contribution in [0.15, 0.2) is 6.07 Å². The minimum Gasteiger partial charge on any atom is -0.379 e. The fraction of sp³-hybridized carbons (Fsp3) is 0.692. The molecule has 19 heavy (non-hydrogen) atoms. The zero-order valence-electron chi connectivity index (χ0n) is 12.2. The molecule has 0 atom stereocenters. The van der Waals surface area contributed by atoms with E-state index in [0.717, 1.165) is 43.8 Å². The van der Waals surface area contributed by atoms with Crippen LogP contribution in [-0.2, 0) is 10.2 Å². The molecule has 1 saturated heterocycles. The number of ether oxygens (including phenoxy) is 1. The van der Waals surface area contributed by atoms with Gasteiger partial charge >= 0.3 is 0 Å².